The number of hydrogen-bond acceptors (Lipinski definition) is 4. The number of Topliss-reactive ketones (excluding diaryl/α,β-unsaturated/α-hetero) is 1. The Balaban J connectivity index is 4.82. The molecular formula is C10H15F3N2O4. The summed E-state index contributed by atoms with van der Waals surface area (Å²) in [4.78, 5) is 33.1. The molecule has 0 spiro atoms. The fourth-order valence-corrected chi connectivity index (χ4v) is 1.06. The minimum atomic E-state index is -4.75. The number of alkyl halides is 3. The van der Waals surface area contributed by atoms with E-state index in [1.807, 2.05) is 0 Å². The first-order valence-corrected chi connectivity index (χ1v) is 5.22. The largest absolute Gasteiger partial charge is 0.444 e. The van der Waals surface area contributed by atoms with Crippen LogP contribution in [-0.4, -0.2) is 35.6 Å². The van der Waals surface area contributed by atoms with Gasteiger partial charge in [0, 0.05) is 0 Å². The van der Waals surface area contributed by atoms with Gasteiger partial charge in [0.05, 0.1) is 6.42 Å². The fourth-order valence-electron chi connectivity index (χ4n) is 1.06. The second-order valence-corrected chi connectivity index (χ2v) is 4.75. The van der Waals surface area contributed by atoms with Gasteiger partial charge in [-0.25, -0.2) is 4.79 Å². The average Bonchev–Trinajstić information content (AvgIpc) is 2.09. The first-order chi connectivity index (χ1) is 8.32. The molecule has 6 nitrogen and oxygen atoms in total. The molecular weight excluding hydrogens is 269 g/mol. The number of primary amides is 1. The second-order valence-electron chi connectivity index (χ2n) is 4.75. The number of rotatable bonds is 4. The smallest absolute Gasteiger partial charge is 0.408 e. The highest BCUT2D eigenvalue weighted by Crippen LogP contribution is 2.22. The van der Waals surface area contributed by atoms with E-state index in [1.54, 1.807) is 5.32 Å². The molecule has 19 heavy (non-hydrogen) atoms. The molecule has 0 saturated heterocycles. The van der Waals surface area contributed by atoms with E-state index in [4.69, 9.17) is 4.74 Å². The summed E-state index contributed by atoms with van der Waals surface area (Å²) in [5.41, 5.74) is 3.66. The molecule has 0 aliphatic rings. The topological polar surface area (TPSA) is 98.5 Å². The summed E-state index contributed by atoms with van der Waals surface area (Å²) in [7, 11) is 0. The summed E-state index contributed by atoms with van der Waals surface area (Å²) in [5.74, 6) is -3.10. The van der Waals surface area contributed by atoms with Crippen LogP contribution in [0.25, 0.3) is 0 Å². The van der Waals surface area contributed by atoms with Crippen LogP contribution in [0, 0.1) is 0 Å². The lowest BCUT2D eigenvalue weighted by Crippen LogP contribution is -2.49. The Labute approximate surface area is 107 Å². The van der Waals surface area contributed by atoms with Crippen LogP contribution in [0.5, 0.6) is 0 Å². The van der Waals surface area contributed by atoms with Crippen molar-refractivity contribution in [3.05, 3.63) is 0 Å². The van der Waals surface area contributed by atoms with E-state index in [-0.39, 0.29) is 0 Å². The maximum absolute atomic E-state index is 12.2. The molecule has 0 radical (unpaired) electrons. The minimum absolute atomic E-state index is 0.956. The van der Waals surface area contributed by atoms with Gasteiger partial charge in [-0.1, -0.05) is 0 Å². The predicted octanol–water partition coefficient (Wildman–Crippen LogP) is 0.887. The Morgan fingerprint density at radius 2 is 1.68 bits per heavy atom. The predicted molar refractivity (Wildman–Crippen MR) is 58.0 cm³/mol. The molecule has 110 valence electrons. The fraction of sp³-hybridized carbons (Fsp3) is 0.700. The van der Waals surface area contributed by atoms with Crippen molar-refractivity contribution >= 4 is 17.8 Å². The number of halogens is 3. The number of hydrogen-bond donors (Lipinski definition) is 2. The summed E-state index contributed by atoms with van der Waals surface area (Å²) in [6.07, 6.45) is -7.69. The number of alkyl carbamates (subject to hydrolysis) is 1. The molecule has 0 aromatic rings. The summed E-state index contributed by atoms with van der Waals surface area (Å²) < 4.78 is 41.4. The molecule has 3 N–H and O–H groups in total. The van der Waals surface area contributed by atoms with Gasteiger partial charge in [0.2, 0.25) is 5.78 Å². The quantitative estimate of drug-likeness (QED) is 0.749. The number of carbonyl (C=O) groups excluding carboxylic acids is 3. The molecule has 0 aromatic carbocycles. The highest BCUT2D eigenvalue weighted by Gasteiger charge is 2.38. The van der Waals surface area contributed by atoms with E-state index in [9.17, 15) is 27.6 Å². The lowest BCUT2D eigenvalue weighted by molar-refractivity contribution is -0.151. The zero-order valence-electron chi connectivity index (χ0n) is 10.6. The van der Waals surface area contributed by atoms with Gasteiger partial charge >= 0.3 is 12.3 Å². The molecule has 0 aliphatic carbocycles. The molecule has 0 saturated carbocycles. The second kappa shape index (κ2) is 5.89. The Morgan fingerprint density at radius 3 is 2.00 bits per heavy atom. The Morgan fingerprint density at radius 1 is 1.21 bits per heavy atom. The highest BCUT2D eigenvalue weighted by atomic mass is 19.4. The average molecular weight is 284 g/mol. The first-order valence-electron chi connectivity index (χ1n) is 5.22. The van der Waals surface area contributed by atoms with Crippen molar-refractivity contribution in [2.75, 3.05) is 0 Å². The van der Waals surface area contributed by atoms with Crippen LogP contribution in [0.15, 0.2) is 0 Å². The number of nitrogens with one attached hydrogen (secondary N) is 1. The third-order valence-corrected chi connectivity index (χ3v) is 1.69. The Bertz CT molecular complexity index is 374. The molecule has 9 heteroatoms. The van der Waals surface area contributed by atoms with Gasteiger partial charge in [0.15, 0.2) is 0 Å². The number of amides is 2. The van der Waals surface area contributed by atoms with E-state index in [0.29, 0.717) is 0 Å². The van der Waals surface area contributed by atoms with E-state index in [0.717, 1.165) is 0 Å². The molecule has 0 aromatic heterocycles. The van der Waals surface area contributed by atoms with Crippen molar-refractivity contribution in [2.24, 2.45) is 5.73 Å². The van der Waals surface area contributed by atoms with E-state index in [2.05, 4.69) is 5.73 Å². The lowest BCUT2D eigenvalue weighted by Gasteiger charge is -2.23. The van der Waals surface area contributed by atoms with Crippen molar-refractivity contribution in [3.63, 3.8) is 0 Å². The molecule has 1 atom stereocenters. The van der Waals surface area contributed by atoms with Crippen molar-refractivity contribution in [2.45, 2.75) is 45.0 Å². The van der Waals surface area contributed by atoms with Crippen LogP contribution < -0.4 is 11.1 Å². The standard InChI is InChI=1S/C10H15F3N2O4/c1-9(2,3)19-8(18)15-5(4-10(11,12)13)6(16)7(14)17/h5H,4H2,1-3H3,(H2,14,17)(H,15,18). The number of carbonyl (C=O) groups is 3. The Kier molecular flexibility index (Phi) is 5.34. The minimum Gasteiger partial charge on any atom is -0.444 e. The SMILES string of the molecule is CC(C)(C)OC(=O)NC(CC(F)(F)F)C(=O)C(N)=O. The monoisotopic (exact) mass is 284 g/mol. The molecule has 0 heterocycles. The molecule has 0 aliphatic heterocycles. The molecule has 0 rings (SSSR count). The Hall–Kier alpha value is -1.80. The third-order valence-electron chi connectivity index (χ3n) is 1.69. The van der Waals surface area contributed by atoms with Crippen LogP contribution in [-0.2, 0) is 14.3 Å². The van der Waals surface area contributed by atoms with E-state index in [1.165, 1.54) is 20.8 Å². The maximum Gasteiger partial charge on any atom is 0.408 e. The van der Waals surface area contributed by atoms with Crippen LogP contribution in [0.3, 0.4) is 0 Å². The summed E-state index contributed by atoms with van der Waals surface area (Å²) >= 11 is 0. The van der Waals surface area contributed by atoms with Crippen LogP contribution in [0.1, 0.15) is 27.2 Å². The van der Waals surface area contributed by atoms with Crippen molar-refractivity contribution in [1.29, 1.82) is 0 Å². The van der Waals surface area contributed by atoms with Gasteiger partial charge in [-0.3, -0.25) is 9.59 Å². The maximum atomic E-state index is 12.2. The van der Waals surface area contributed by atoms with Gasteiger partial charge in [-0.15, -0.1) is 0 Å². The van der Waals surface area contributed by atoms with E-state index >= 15 is 0 Å². The highest BCUT2D eigenvalue weighted by molar-refractivity contribution is 6.37. The summed E-state index contributed by atoms with van der Waals surface area (Å²) in [6, 6.07) is -2.09. The number of nitrogens with two attached hydrogens (primary N) is 1. The number of ether oxygens (including phenoxy) is 1. The normalized spacial score (nSPS) is 13.6. The van der Waals surface area contributed by atoms with Gasteiger partial charge in [0.1, 0.15) is 11.6 Å². The zero-order chi connectivity index (χ0) is 15.4. The van der Waals surface area contributed by atoms with Crippen LogP contribution in [0.4, 0.5) is 18.0 Å². The van der Waals surface area contributed by atoms with Gasteiger partial charge in [-0.05, 0) is 20.8 Å². The van der Waals surface area contributed by atoms with Gasteiger partial charge in [-0.2, -0.15) is 13.2 Å². The number of ketones is 1. The van der Waals surface area contributed by atoms with Crippen LogP contribution in [0.2, 0.25) is 0 Å². The summed E-state index contributed by atoms with van der Waals surface area (Å²) in [5, 5.41) is 1.68. The van der Waals surface area contributed by atoms with Crippen molar-refractivity contribution < 1.29 is 32.3 Å². The lowest BCUT2D eigenvalue weighted by atomic mass is 10.1. The van der Waals surface area contributed by atoms with Gasteiger partial charge < -0.3 is 15.8 Å². The first kappa shape index (κ1) is 17.2. The zero-order valence-corrected chi connectivity index (χ0v) is 10.6. The summed E-state index contributed by atoms with van der Waals surface area (Å²) in [6.45, 7) is 4.46. The molecule has 1 unspecified atom stereocenters. The van der Waals surface area contributed by atoms with E-state index < -0.39 is 42.0 Å². The van der Waals surface area contributed by atoms with Crippen molar-refractivity contribution in [1.82, 2.24) is 5.32 Å². The third kappa shape index (κ3) is 8.01. The van der Waals surface area contributed by atoms with Crippen molar-refractivity contribution in [3.8, 4) is 0 Å². The molecule has 0 fully saturated rings. The van der Waals surface area contributed by atoms with Crippen LogP contribution >= 0.6 is 0 Å². The van der Waals surface area contributed by atoms with Gasteiger partial charge in [0.25, 0.3) is 5.91 Å². The molecule has 2 amide bonds. The molecule has 0 bridgehead atoms.